The lowest BCUT2D eigenvalue weighted by Gasteiger charge is -2.32. The molecule has 0 bridgehead atoms. The Morgan fingerprint density at radius 3 is 2.34 bits per heavy atom. The molecule has 4 nitrogen and oxygen atoms in total. The number of piperidine rings is 1. The number of likely N-dealkylation sites (tertiary alicyclic amines) is 1. The first kappa shape index (κ1) is 22.0. The summed E-state index contributed by atoms with van der Waals surface area (Å²) in [5.74, 6) is -4.46. The van der Waals surface area contributed by atoms with Crippen LogP contribution in [0.2, 0.25) is 0 Å². The minimum atomic E-state index is -1.46. The van der Waals surface area contributed by atoms with Gasteiger partial charge >= 0.3 is 0 Å². The van der Waals surface area contributed by atoms with E-state index in [4.69, 9.17) is 0 Å². The van der Waals surface area contributed by atoms with Gasteiger partial charge in [0.2, 0.25) is 0 Å². The summed E-state index contributed by atoms with van der Waals surface area (Å²) in [5.41, 5.74) is 1.98. The third kappa shape index (κ3) is 5.13. The highest BCUT2D eigenvalue weighted by atomic mass is 19.2. The Balaban J connectivity index is 1.30. The number of amides is 1. The second-order valence-corrected chi connectivity index (χ2v) is 7.84. The lowest BCUT2D eigenvalue weighted by Crippen LogP contribution is -2.44. The molecule has 1 fully saturated rings. The SMILES string of the molecule is O=C(NC1CCN(Cc2cc(F)c(F)c(F)c2)CC1)c1ccc(-c2cccc(F)c2)nc1. The minimum Gasteiger partial charge on any atom is -0.349 e. The topological polar surface area (TPSA) is 45.2 Å². The summed E-state index contributed by atoms with van der Waals surface area (Å²) in [4.78, 5) is 18.8. The second kappa shape index (κ2) is 9.48. The van der Waals surface area contributed by atoms with E-state index >= 15 is 0 Å². The van der Waals surface area contributed by atoms with Gasteiger partial charge in [-0.25, -0.2) is 17.6 Å². The Hall–Kier alpha value is -3.26. The maximum atomic E-state index is 13.4. The van der Waals surface area contributed by atoms with Gasteiger partial charge in [-0.1, -0.05) is 12.1 Å². The Labute approximate surface area is 182 Å². The van der Waals surface area contributed by atoms with Crippen LogP contribution in [0.25, 0.3) is 11.3 Å². The number of rotatable bonds is 5. The van der Waals surface area contributed by atoms with Crippen LogP contribution >= 0.6 is 0 Å². The zero-order chi connectivity index (χ0) is 22.7. The second-order valence-electron chi connectivity index (χ2n) is 7.84. The van der Waals surface area contributed by atoms with Gasteiger partial charge in [-0.05, 0) is 54.8 Å². The van der Waals surface area contributed by atoms with E-state index in [0.29, 0.717) is 54.9 Å². The van der Waals surface area contributed by atoms with Crippen molar-refractivity contribution in [1.82, 2.24) is 15.2 Å². The van der Waals surface area contributed by atoms with Gasteiger partial charge in [0.15, 0.2) is 17.5 Å². The van der Waals surface area contributed by atoms with Crippen LogP contribution in [0.1, 0.15) is 28.8 Å². The number of halogens is 4. The molecule has 8 heteroatoms. The molecule has 1 aliphatic rings. The fourth-order valence-corrected chi connectivity index (χ4v) is 3.81. The summed E-state index contributed by atoms with van der Waals surface area (Å²) >= 11 is 0. The van der Waals surface area contributed by atoms with Crippen LogP contribution in [0.4, 0.5) is 17.6 Å². The molecule has 0 saturated carbocycles. The fraction of sp³-hybridized carbons (Fsp3) is 0.250. The molecule has 0 unspecified atom stereocenters. The number of benzene rings is 2. The largest absolute Gasteiger partial charge is 0.349 e. The maximum Gasteiger partial charge on any atom is 0.253 e. The number of hydrogen-bond acceptors (Lipinski definition) is 3. The van der Waals surface area contributed by atoms with E-state index in [9.17, 15) is 22.4 Å². The zero-order valence-corrected chi connectivity index (χ0v) is 17.1. The molecule has 166 valence electrons. The van der Waals surface area contributed by atoms with E-state index in [1.807, 2.05) is 4.90 Å². The molecule has 1 saturated heterocycles. The Morgan fingerprint density at radius 1 is 1.00 bits per heavy atom. The van der Waals surface area contributed by atoms with Crippen molar-refractivity contribution in [2.24, 2.45) is 0 Å². The van der Waals surface area contributed by atoms with Gasteiger partial charge in [0.25, 0.3) is 5.91 Å². The highest BCUT2D eigenvalue weighted by molar-refractivity contribution is 5.94. The normalized spacial score (nSPS) is 15.0. The van der Waals surface area contributed by atoms with Gasteiger partial charge in [0.05, 0.1) is 11.3 Å². The molecule has 2 aromatic carbocycles. The molecule has 1 N–H and O–H groups in total. The Kier molecular flexibility index (Phi) is 6.50. The van der Waals surface area contributed by atoms with E-state index in [0.717, 1.165) is 12.1 Å². The molecule has 1 amide bonds. The van der Waals surface area contributed by atoms with Crippen LogP contribution < -0.4 is 5.32 Å². The Bertz CT molecular complexity index is 1090. The van der Waals surface area contributed by atoms with Gasteiger partial charge in [0, 0.05) is 37.4 Å². The molecule has 0 radical (unpaired) electrons. The first-order chi connectivity index (χ1) is 15.4. The van der Waals surface area contributed by atoms with Gasteiger partial charge in [0.1, 0.15) is 5.82 Å². The van der Waals surface area contributed by atoms with Crippen LogP contribution in [0, 0.1) is 23.3 Å². The maximum absolute atomic E-state index is 13.4. The molecular weight excluding hydrogens is 422 g/mol. The molecular formula is C24H21F4N3O. The smallest absolute Gasteiger partial charge is 0.253 e. The monoisotopic (exact) mass is 443 g/mol. The van der Waals surface area contributed by atoms with Gasteiger partial charge < -0.3 is 5.32 Å². The number of aromatic nitrogens is 1. The molecule has 2 heterocycles. The summed E-state index contributed by atoms with van der Waals surface area (Å²) in [5, 5.41) is 2.98. The van der Waals surface area contributed by atoms with Crippen molar-refractivity contribution in [2.75, 3.05) is 13.1 Å². The molecule has 3 aromatic rings. The highest BCUT2D eigenvalue weighted by Gasteiger charge is 2.22. The summed E-state index contributed by atoms with van der Waals surface area (Å²) in [6.07, 6.45) is 2.81. The van der Waals surface area contributed by atoms with Crippen molar-refractivity contribution in [3.8, 4) is 11.3 Å². The number of nitrogens with zero attached hydrogens (tertiary/aromatic N) is 2. The number of carbonyl (C=O) groups excluding carboxylic acids is 1. The lowest BCUT2D eigenvalue weighted by atomic mass is 10.0. The third-order valence-electron chi connectivity index (χ3n) is 5.52. The third-order valence-corrected chi connectivity index (χ3v) is 5.52. The van der Waals surface area contributed by atoms with Crippen LogP contribution in [0.5, 0.6) is 0 Å². The summed E-state index contributed by atoms with van der Waals surface area (Å²) in [7, 11) is 0. The van der Waals surface area contributed by atoms with Crippen LogP contribution in [0.3, 0.4) is 0 Å². The standard InChI is InChI=1S/C24H21F4N3O/c25-18-3-1-2-16(12-18)22-5-4-17(13-29-22)24(32)30-19-6-8-31(9-7-19)14-15-10-20(26)23(28)21(27)11-15/h1-5,10-13,19H,6-9,14H2,(H,30,32). The predicted octanol–water partition coefficient (Wildman–Crippen LogP) is 4.70. The highest BCUT2D eigenvalue weighted by Crippen LogP contribution is 2.20. The predicted molar refractivity (Wildman–Crippen MR) is 112 cm³/mol. The number of carbonyl (C=O) groups is 1. The van der Waals surface area contributed by atoms with Crippen molar-refractivity contribution in [3.05, 3.63) is 89.1 Å². The number of pyridine rings is 1. The minimum absolute atomic E-state index is 0.0386. The van der Waals surface area contributed by atoms with E-state index in [2.05, 4.69) is 10.3 Å². The number of hydrogen-bond donors (Lipinski definition) is 1. The van der Waals surface area contributed by atoms with E-state index in [1.165, 1.54) is 18.3 Å². The summed E-state index contributed by atoms with van der Waals surface area (Å²) in [6.45, 7) is 1.56. The summed E-state index contributed by atoms with van der Waals surface area (Å²) < 4.78 is 53.3. The van der Waals surface area contributed by atoms with Crippen molar-refractivity contribution >= 4 is 5.91 Å². The summed E-state index contributed by atoms with van der Waals surface area (Å²) in [6, 6.07) is 11.4. The van der Waals surface area contributed by atoms with E-state index in [-0.39, 0.29) is 17.8 Å². The van der Waals surface area contributed by atoms with Crippen LogP contribution in [0.15, 0.2) is 54.7 Å². The fourth-order valence-electron chi connectivity index (χ4n) is 3.81. The van der Waals surface area contributed by atoms with Crippen molar-refractivity contribution in [2.45, 2.75) is 25.4 Å². The van der Waals surface area contributed by atoms with Crippen LogP contribution in [-0.4, -0.2) is 34.9 Å². The van der Waals surface area contributed by atoms with Crippen molar-refractivity contribution in [1.29, 1.82) is 0 Å². The molecule has 1 aliphatic heterocycles. The number of nitrogens with one attached hydrogen (secondary N) is 1. The van der Waals surface area contributed by atoms with E-state index < -0.39 is 17.5 Å². The van der Waals surface area contributed by atoms with Gasteiger partial charge in [-0.3, -0.25) is 14.7 Å². The van der Waals surface area contributed by atoms with E-state index in [1.54, 1.807) is 24.3 Å². The molecule has 32 heavy (non-hydrogen) atoms. The first-order valence-electron chi connectivity index (χ1n) is 10.3. The molecule has 0 atom stereocenters. The molecule has 4 rings (SSSR count). The average molecular weight is 443 g/mol. The molecule has 0 aliphatic carbocycles. The van der Waals surface area contributed by atoms with Gasteiger partial charge in [-0.2, -0.15) is 0 Å². The quantitative estimate of drug-likeness (QED) is 0.459. The first-order valence-corrected chi connectivity index (χ1v) is 10.3. The van der Waals surface area contributed by atoms with Crippen molar-refractivity contribution in [3.63, 3.8) is 0 Å². The Morgan fingerprint density at radius 2 is 1.72 bits per heavy atom. The molecule has 0 spiro atoms. The van der Waals surface area contributed by atoms with Crippen LogP contribution in [-0.2, 0) is 6.54 Å². The zero-order valence-electron chi connectivity index (χ0n) is 17.1. The molecule has 1 aromatic heterocycles. The van der Waals surface area contributed by atoms with Gasteiger partial charge in [-0.15, -0.1) is 0 Å². The van der Waals surface area contributed by atoms with Crippen molar-refractivity contribution < 1.29 is 22.4 Å². The lowest BCUT2D eigenvalue weighted by molar-refractivity contribution is 0.0908. The average Bonchev–Trinajstić information content (AvgIpc) is 2.79.